The third kappa shape index (κ3) is 0.852. The van der Waals surface area contributed by atoms with Gasteiger partial charge in [0.2, 0.25) is 6.79 Å². The number of hydrogen-bond acceptors (Lipinski definition) is 3. The first-order chi connectivity index (χ1) is 6.75. The predicted octanol–water partition coefficient (Wildman–Crippen LogP) is 1.00. The maximum atomic E-state index is 11.6. The average molecular weight is 191 g/mol. The summed E-state index contributed by atoms with van der Waals surface area (Å²) >= 11 is 0. The third-order valence-electron chi connectivity index (χ3n) is 2.58. The Balaban J connectivity index is 2.17. The molecule has 0 unspecified atom stereocenters. The Kier molecular flexibility index (Phi) is 1.32. The molecule has 0 saturated heterocycles. The number of nitrogens with zero attached hydrogens (tertiary/aromatic N) is 1. The van der Waals surface area contributed by atoms with Crippen LogP contribution in [0.5, 0.6) is 11.5 Å². The van der Waals surface area contributed by atoms with Crippen LogP contribution in [0.3, 0.4) is 0 Å². The van der Waals surface area contributed by atoms with E-state index in [0.717, 1.165) is 16.9 Å². The van der Waals surface area contributed by atoms with Gasteiger partial charge >= 0.3 is 0 Å². The molecule has 4 nitrogen and oxygen atoms in total. The predicted molar refractivity (Wildman–Crippen MR) is 48.4 cm³/mol. The lowest BCUT2D eigenvalue weighted by molar-refractivity contribution is 0.0816. The van der Waals surface area contributed by atoms with Gasteiger partial charge in [0.05, 0.1) is 0 Å². The molecule has 1 aromatic carbocycles. The zero-order valence-corrected chi connectivity index (χ0v) is 7.74. The van der Waals surface area contributed by atoms with E-state index in [9.17, 15) is 4.79 Å². The highest BCUT2D eigenvalue weighted by atomic mass is 16.7. The van der Waals surface area contributed by atoms with Crippen LogP contribution in [-0.4, -0.2) is 24.6 Å². The summed E-state index contributed by atoms with van der Waals surface area (Å²) in [6.07, 6.45) is 0. The van der Waals surface area contributed by atoms with E-state index in [-0.39, 0.29) is 12.7 Å². The Labute approximate surface area is 81.0 Å². The highest BCUT2D eigenvalue weighted by Crippen LogP contribution is 2.37. The quantitative estimate of drug-likeness (QED) is 0.614. The second-order valence-electron chi connectivity index (χ2n) is 3.52. The van der Waals surface area contributed by atoms with Crippen LogP contribution in [0.2, 0.25) is 0 Å². The second kappa shape index (κ2) is 2.41. The molecular formula is C10H9NO3. The van der Waals surface area contributed by atoms with Crippen LogP contribution in [0.25, 0.3) is 0 Å². The van der Waals surface area contributed by atoms with Crippen LogP contribution in [0.1, 0.15) is 15.9 Å². The number of amides is 1. The molecule has 0 spiro atoms. The monoisotopic (exact) mass is 191 g/mol. The SMILES string of the molecule is CN1Cc2cc3c(cc2C1=O)OCO3. The van der Waals surface area contributed by atoms with Gasteiger partial charge in [-0.1, -0.05) is 0 Å². The van der Waals surface area contributed by atoms with Crippen LogP contribution < -0.4 is 9.47 Å². The van der Waals surface area contributed by atoms with Crippen molar-refractivity contribution in [1.82, 2.24) is 4.90 Å². The van der Waals surface area contributed by atoms with E-state index in [2.05, 4.69) is 0 Å². The van der Waals surface area contributed by atoms with Crippen molar-refractivity contribution in [3.05, 3.63) is 23.3 Å². The van der Waals surface area contributed by atoms with E-state index < -0.39 is 0 Å². The van der Waals surface area contributed by atoms with Gasteiger partial charge in [-0.25, -0.2) is 0 Å². The lowest BCUT2D eigenvalue weighted by Gasteiger charge is -2.04. The van der Waals surface area contributed by atoms with Crippen LogP contribution in [0, 0.1) is 0 Å². The van der Waals surface area contributed by atoms with Crippen molar-refractivity contribution in [3.8, 4) is 11.5 Å². The number of hydrogen-bond donors (Lipinski definition) is 0. The molecule has 0 N–H and O–H groups in total. The van der Waals surface area contributed by atoms with Gasteiger partial charge in [-0.3, -0.25) is 4.79 Å². The van der Waals surface area contributed by atoms with Crippen LogP contribution in [0.15, 0.2) is 12.1 Å². The van der Waals surface area contributed by atoms with E-state index in [1.54, 1.807) is 18.0 Å². The van der Waals surface area contributed by atoms with Gasteiger partial charge in [0.1, 0.15) is 0 Å². The van der Waals surface area contributed by atoms with Gasteiger partial charge in [-0.05, 0) is 17.7 Å². The smallest absolute Gasteiger partial charge is 0.254 e. The van der Waals surface area contributed by atoms with Gasteiger partial charge in [0.15, 0.2) is 11.5 Å². The van der Waals surface area contributed by atoms with E-state index in [4.69, 9.17) is 9.47 Å². The number of carbonyl (C=O) groups is 1. The minimum Gasteiger partial charge on any atom is -0.454 e. The summed E-state index contributed by atoms with van der Waals surface area (Å²) in [6, 6.07) is 3.66. The number of fused-ring (bicyclic) bond motifs is 2. The number of ether oxygens (including phenoxy) is 2. The van der Waals surface area contributed by atoms with Gasteiger partial charge in [0, 0.05) is 19.2 Å². The van der Waals surface area contributed by atoms with Crippen molar-refractivity contribution in [3.63, 3.8) is 0 Å². The molecule has 2 aliphatic heterocycles. The van der Waals surface area contributed by atoms with Crippen molar-refractivity contribution in [2.75, 3.05) is 13.8 Å². The van der Waals surface area contributed by atoms with Crippen molar-refractivity contribution >= 4 is 5.91 Å². The fourth-order valence-electron chi connectivity index (χ4n) is 1.85. The van der Waals surface area contributed by atoms with Gasteiger partial charge in [-0.15, -0.1) is 0 Å². The minimum absolute atomic E-state index is 0.0540. The summed E-state index contributed by atoms with van der Waals surface area (Å²) in [5.74, 6) is 1.47. The van der Waals surface area contributed by atoms with Crippen molar-refractivity contribution in [2.45, 2.75) is 6.54 Å². The van der Waals surface area contributed by atoms with Crippen molar-refractivity contribution < 1.29 is 14.3 Å². The highest BCUT2D eigenvalue weighted by molar-refractivity contribution is 5.99. The maximum absolute atomic E-state index is 11.6. The molecule has 0 atom stereocenters. The standard InChI is InChI=1S/C10H9NO3/c1-11-4-6-2-8-9(14-5-13-8)3-7(6)10(11)12/h2-3H,4-5H2,1H3. The molecule has 4 heteroatoms. The van der Waals surface area contributed by atoms with Gasteiger partial charge in [-0.2, -0.15) is 0 Å². The summed E-state index contributed by atoms with van der Waals surface area (Å²) in [4.78, 5) is 13.3. The Bertz CT molecular complexity index is 428. The van der Waals surface area contributed by atoms with Crippen molar-refractivity contribution in [2.24, 2.45) is 0 Å². The zero-order chi connectivity index (χ0) is 9.71. The first kappa shape index (κ1) is 7.67. The lowest BCUT2D eigenvalue weighted by atomic mass is 10.1. The molecule has 0 saturated carbocycles. The topological polar surface area (TPSA) is 38.8 Å². The molecule has 1 aromatic rings. The van der Waals surface area contributed by atoms with Crippen LogP contribution in [-0.2, 0) is 6.54 Å². The van der Waals surface area contributed by atoms with Crippen molar-refractivity contribution in [1.29, 1.82) is 0 Å². The van der Waals surface area contributed by atoms with Crippen LogP contribution >= 0.6 is 0 Å². The second-order valence-corrected chi connectivity index (χ2v) is 3.52. The normalized spacial score (nSPS) is 17.5. The highest BCUT2D eigenvalue weighted by Gasteiger charge is 2.28. The molecule has 2 aliphatic rings. The molecule has 1 amide bonds. The number of rotatable bonds is 0. The largest absolute Gasteiger partial charge is 0.454 e. The van der Waals surface area contributed by atoms with E-state index in [0.29, 0.717) is 12.3 Å². The summed E-state index contributed by atoms with van der Waals surface area (Å²) in [5.41, 5.74) is 1.75. The van der Waals surface area contributed by atoms with E-state index in [1.807, 2.05) is 6.07 Å². The Morgan fingerprint density at radius 1 is 1.29 bits per heavy atom. The van der Waals surface area contributed by atoms with E-state index in [1.165, 1.54) is 0 Å². The first-order valence-electron chi connectivity index (χ1n) is 4.44. The summed E-state index contributed by atoms with van der Waals surface area (Å²) < 4.78 is 10.5. The minimum atomic E-state index is 0.0540. The molecule has 0 aromatic heterocycles. The Morgan fingerprint density at radius 2 is 2.00 bits per heavy atom. The molecule has 0 aliphatic carbocycles. The van der Waals surface area contributed by atoms with E-state index >= 15 is 0 Å². The molecule has 2 heterocycles. The molecule has 3 rings (SSSR count). The Morgan fingerprint density at radius 3 is 2.79 bits per heavy atom. The molecule has 72 valence electrons. The molecule has 14 heavy (non-hydrogen) atoms. The Hall–Kier alpha value is -1.71. The molecular weight excluding hydrogens is 182 g/mol. The fourth-order valence-corrected chi connectivity index (χ4v) is 1.85. The molecule has 0 fully saturated rings. The zero-order valence-electron chi connectivity index (χ0n) is 7.74. The third-order valence-corrected chi connectivity index (χ3v) is 2.58. The van der Waals surface area contributed by atoms with Gasteiger partial charge in [0.25, 0.3) is 5.91 Å². The van der Waals surface area contributed by atoms with Crippen LogP contribution in [0.4, 0.5) is 0 Å². The molecule has 0 radical (unpaired) electrons. The summed E-state index contributed by atoms with van der Waals surface area (Å²) in [7, 11) is 1.79. The van der Waals surface area contributed by atoms with Gasteiger partial charge < -0.3 is 14.4 Å². The lowest BCUT2D eigenvalue weighted by Crippen LogP contribution is -2.17. The molecule has 0 bridgehead atoms. The summed E-state index contributed by atoms with van der Waals surface area (Å²) in [5, 5.41) is 0. The number of benzene rings is 1. The maximum Gasteiger partial charge on any atom is 0.254 e. The number of carbonyl (C=O) groups excluding carboxylic acids is 1. The fraction of sp³-hybridized carbons (Fsp3) is 0.300. The summed E-state index contributed by atoms with van der Waals surface area (Å²) in [6.45, 7) is 0.910. The average Bonchev–Trinajstić information content (AvgIpc) is 2.70. The first-order valence-corrected chi connectivity index (χ1v) is 4.44.